The molecule has 108 valence electrons. The van der Waals surface area contributed by atoms with Crippen LogP contribution in [0, 0.1) is 29.6 Å². The fourth-order valence-electron chi connectivity index (χ4n) is 5.30. The first-order chi connectivity index (χ1) is 9.78. The highest BCUT2D eigenvalue weighted by Crippen LogP contribution is 2.57. The average molecular weight is 272 g/mol. The lowest BCUT2D eigenvalue weighted by molar-refractivity contribution is -0.0436. The third-order valence-electron chi connectivity index (χ3n) is 5.90. The molecule has 0 unspecified atom stereocenters. The van der Waals surface area contributed by atoms with E-state index in [0.717, 1.165) is 41.9 Å². The zero-order valence-corrected chi connectivity index (χ0v) is 12.0. The van der Waals surface area contributed by atoms with E-state index in [1.807, 2.05) is 6.07 Å². The molecule has 0 aliphatic heterocycles. The molecular weight excluding hydrogens is 248 g/mol. The highest BCUT2D eigenvalue weighted by Gasteiger charge is 2.47. The smallest absolute Gasteiger partial charge is 0.137 e. The van der Waals surface area contributed by atoms with E-state index in [2.05, 4.69) is 4.98 Å². The number of pyridine rings is 1. The summed E-state index contributed by atoms with van der Waals surface area (Å²) in [5.41, 5.74) is 5.58. The molecule has 4 aliphatic rings. The van der Waals surface area contributed by atoms with Gasteiger partial charge in [-0.05, 0) is 80.2 Å². The molecule has 4 fully saturated rings. The monoisotopic (exact) mass is 272 g/mol. The molecule has 0 spiro atoms. The molecule has 4 bridgehead atoms. The van der Waals surface area contributed by atoms with Crippen LogP contribution in [0.15, 0.2) is 18.3 Å². The Morgan fingerprint density at radius 3 is 2.35 bits per heavy atom. The number of nitrogens with two attached hydrogens (primary N) is 1. The summed E-state index contributed by atoms with van der Waals surface area (Å²) in [5, 5.41) is 0. The molecule has 0 aromatic carbocycles. The average Bonchev–Trinajstić information content (AvgIpc) is 2.43. The van der Waals surface area contributed by atoms with Crippen LogP contribution in [0.2, 0.25) is 0 Å². The maximum atomic E-state index is 5.85. The van der Waals surface area contributed by atoms with Crippen molar-refractivity contribution < 1.29 is 4.74 Å². The van der Waals surface area contributed by atoms with Crippen LogP contribution in [0.5, 0.6) is 5.75 Å². The minimum atomic E-state index is 0.554. The standard InChI is InChI=1S/C17H24N2O/c18-17-2-1-15(10-19-17)20-4-3-16-13-6-11-5-12(8-13)9-14(16)7-11/h1-2,10-14,16H,3-9H2,(H2,18,19). The minimum Gasteiger partial charge on any atom is -0.492 e. The Morgan fingerprint density at radius 2 is 1.75 bits per heavy atom. The van der Waals surface area contributed by atoms with Crippen molar-refractivity contribution in [3.05, 3.63) is 18.3 Å². The lowest BCUT2D eigenvalue weighted by Crippen LogP contribution is -2.45. The summed E-state index contributed by atoms with van der Waals surface area (Å²) in [6.45, 7) is 0.832. The molecule has 0 saturated heterocycles. The summed E-state index contributed by atoms with van der Waals surface area (Å²) < 4.78 is 5.85. The van der Waals surface area contributed by atoms with Crippen molar-refractivity contribution in [3.63, 3.8) is 0 Å². The Balaban J connectivity index is 1.32. The van der Waals surface area contributed by atoms with Gasteiger partial charge in [-0.2, -0.15) is 0 Å². The van der Waals surface area contributed by atoms with Gasteiger partial charge >= 0.3 is 0 Å². The van der Waals surface area contributed by atoms with E-state index >= 15 is 0 Å². The highest BCUT2D eigenvalue weighted by atomic mass is 16.5. The Bertz CT molecular complexity index is 442. The van der Waals surface area contributed by atoms with Crippen molar-refractivity contribution >= 4 is 5.82 Å². The number of hydrogen-bond acceptors (Lipinski definition) is 3. The quantitative estimate of drug-likeness (QED) is 0.912. The Kier molecular flexibility index (Phi) is 3.08. The summed E-state index contributed by atoms with van der Waals surface area (Å²) in [6, 6.07) is 3.72. The van der Waals surface area contributed by atoms with Crippen molar-refractivity contribution in [2.45, 2.75) is 38.5 Å². The second-order valence-corrected chi connectivity index (χ2v) is 7.15. The van der Waals surface area contributed by atoms with Gasteiger partial charge in [0.1, 0.15) is 11.6 Å². The van der Waals surface area contributed by atoms with E-state index in [-0.39, 0.29) is 0 Å². The molecule has 4 aliphatic carbocycles. The molecule has 1 heterocycles. The van der Waals surface area contributed by atoms with Crippen molar-refractivity contribution in [3.8, 4) is 5.75 Å². The molecule has 3 nitrogen and oxygen atoms in total. The van der Waals surface area contributed by atoms with E-state index in [1.165, 1.54) is 38.5 Å². The summed E-state index contributed by atoms with van der Waals surface area (Å²) in [6.07, 6.45) is 10.5. The van der Waals surface area contributed by atoms with Gasteiger partial charge in [0, 0.05) is 0 Å². The molecule has 20 heavy (non-hydrogen) atoms. The Labute approximate surface area is 120 Å². The van der Waals surface area contributed by atoms with Crippen LogP contribution in [-0.2, 0) is 0 Å². The summed E-state index contributed by atoms with van der Waals surface area (Å²) in [5.74, 6) is 6.46. The van der Waals surface area contributed by atoms with Crippen LogP contribution in [0.3, 0.4) is 0 Å². The van der Waals surface area contributed by atoms with E-state index < -0.39 is 0 Å². The van der Waals surface area contributed by atoms with Gasteiger partial charge in [-0.25, -0.2) is 4.98 Å². The third kappa shape index (κ3) is 2.27. The lowest BCUT2D eigenvalue weighted by atomic mass is 9.51. The highest BCUT2D eigenvalue weighted by molar-refractivity contribution is 5.32. The fourth-order valence-corrected chi connectivity index (χ4v) is 5.30. The second kappa shape index (κ2) is 4.94. The number of anilines is 1. The third-order valence-corrected chi connectivity index (χ3v) is 5.90. The van der Waals surface area contributed by atoms with Gasteiger partial charge in [0.15, 0.2) is 0 Å². The van der Waals surface area contributed by atoms with E-state index in [0.29, 0.717) is 5.82 Å². The predicted octanol–water partition coefficient (Wildman–Crippen LogP) is 3.51. The van der Waals surface area contributed by atoms with Crippen molar-refractivity contribution in [1.29, 1.82) is 0 Å². The molecule has 1 aromatic rings. The second-order valence-electron chi connectivity index (χ2n) is 7.15. The molecule has 3 heteroatoms. The Morgan fingerprint density at radius 1 is 1.05 bits per heavy atom. The van der Waals surface area contributed by atoms with E-state index in [4.69, 9.17) is 10.5 Å². The van der Waals surface area contributed by atoms with E-state index in [9.17, 15) is 0 Å². The number of hydrogen-bond donors (Lipinski definition) is 1. The topological polar surface area (TPSA) is 48.1 Å². The van der Waals surface area contributed by atoms with Crippen LogP contribution in [0.25, 0.3) is 0 Å². The van der Waals surface area contributed by atoms with Gasteiger partial charge in [0.05, 0.1) is 12.8 Å². The van der Waals surface area contributed by atoms with Crippen LogP contribution < -0.4 is 10.5 Å². The normalized spacial score (nSPS) is 38.1. The SMILES string of the molecule is Nc1ccc(OCCC2C3CC4CC(C3)CC2C4)cn1. The molecule has 0 atom stereocenters. The van der Waals surface area contributed by atoms with Crippen LogP contribution in [-0.4, -0.2) is 11.6 Å². The fraction of sp³-hybridized carbons (Fsp3) is 0.706. The van der Waals surface area contributed by atoms with Gasteiger partial charge in [0.25, 0.3) is 0 Å². The number of ether oxygens (including phenoxy) is 1. The molecule has 1 aromatic heterocycles. The van der Waals surface area contributed by atoms with Gasteiger partial charge < -0.3 is 10.5 Å². The summed E-state index contributed by atoms with van der Waals surface area (Å²) in [4.78, 5) is 4.07. The number of nitrogens with zero attached hydrogens (tertiary/aromatic N) is 1. The number of nitrogen functional groups attached to an aromatic ring is 1. The molecule has 0 radical (unpaired) electrons. The molecule has 4 saturated carbocycles. The van der Waals surface area contributed by atoms with Crippen LogP contribution >= 0.6 is 0 Å². The van der Waals surface area contributed by atoms with Crippen molar-refractivity contribution in [2.24, 2.45) is 29.6 Å². The first-order valence-corrected chi connectivity index (χ1v) is 8.12. The largest absolute Gasteiger partial charge is 0.492 e. The maximum absolute atomic E-state index is 5.85. The lowest BCUT2D eigenvalue weighted by Gasteiger charge is -2.54. The van der Waals surface area contributed by atoms with Gasteiger partial charge in [-0.3, -0.25) is 0 Å². The zero-order valence-electron chi connectivity index (χ0n) is 12.0. The van der Waals surface area contributed by atoms with E-state index in [1.54, 1.807) is 12.3 Å². The van der Waals surface area contributed by atoms with Crippen molar-refractivity contribution in [2.75, 3.05) is 12.3 Å². The number of aromatic nitrogens is 1. The molecule has 2 N–H and O–H groups in total. The first-order valence-electron chi connectivity index (χ1n) is 8.12. The Hall–Kier alpha value is -1.25. The first kappa shape index (κ1) is 12.5. The van der Waals surface area contributed by atoms with Crippen LogP contribution in [0.1, 0.15) is 38.5 Å². The van der Waals surface area contributed by atoms with Crippen molar-refractivity contribution in [1.82, 2.24) is 4.98 Å². The number of rotatable bonds is 4. The summed E-state index contributed by atoms with van der Waals surface area (Å²) >= 11 is 0. The van der Waals surface area contributed by atoms with Gasteiger partial charge in [-0.1, -0.05) is 0 Å². The summed E-state index contributed by atoms with van der Waals surface area (Å²) in [7, 11) is 0. The van der Waals surface area contributed by atoms with Gasteiger partial charge in [0.2, 0.25) is 0 Å². The minimum absolute atomic E-state index is 0.554. The molecule has 5 rings (SSSR count). The predicted molar refractivity (Wildman–Crippen MR) is 79.3 cm³/mol. The zero-order chi connectivity index (χ0) is 13.5. The maximum Gasteiger partial charge on any atom is 0.137 e. The molecular formula is C17H24N2O. The molecule has 0 amide bonds. The van der Waals surface area contributed by atoms with Gasteiger partial charge in [-0.15, -0.1) is 0 Å². The van der Waals surface area contributed by atoms with Crippen LogP contribution in [0.4, 0.5) is 5.82 Å².